The second-order valence-electron chi connectivity index (χ2n) is 7.44. The molecule has 0 bridgehead atoms. The van der Waals surface area contributed by atoms with E-state index in [1.165, 1.54) is 0 Å². The zero-order valence-electron chi connectivity index (χ0n) is 17.0. The summed E-state index contributed by atoms with van der Waals surface area (Å²) < 4.78 is 5.21. The number of hydrogen-bond donors (Lipinski definition) is 2. The molecule has 2 N–H and O–H groups in total. The second-order valence-corrected chi connectivity index (χ2v) is 7.44. The monoisotopic (exact) mass is 389 g/mol. The number of methoxy groups -OCH3 is 1. The maximum Gasteiger partial charge on any atom is 0.321 e. The summed E-state index contributed by atoms with van der Waals surface area (Å²) in [5, 5.41) is 5.67. The van der Waals surface area contributed by atoms with E-state index >= 15 is 0 Å². The number of rotatable bonds is 4. The molecule has 4 amide bonds. The summed E-state index contributed by atoms with van der Waals surface area (Å²) in [7, 11) is 3.28. The first kappa shape index (κ1) is 20.3. The molecule has 0 aliphatic carbocycles. The molecule has 0 unspecified atom stereocenters. The van der Waals surface area contributed by atoms with Gasteiger partial charge in [-0.1, -0.05) is 13.0 Å². The topological polar surface area (TPSA) is 77.2 Å². The Morgan fingerprint density at radius 1 is 1.11 bits per heavy atom. The van der Waals surface area contributed by atoms with Crippen LogP contribution < -0.4 is 15.4 Å². The predicted molar refractivity (Wildman–Crippen MR) is 109 cm³/mol. The number of hydrogen-bond acceptors (Lipinski definition) is 4. The van der Waals surface area contributed by atoms with Crippen LogP contribution in [0.25, 0.3) is 0 Å². The van der Waals surface area contributed by atoms with Gasteiger partial charge in [-0.3, -0.25) is 4.90 Å². The molecule has 8 nitrogen and oxygen atoms in total. The highest BCUT2D eigenvalue weighted by Crippen LogP contribution is 2.32. The molecule has 2 aliphatic heterocycles. The van der Waals surface area contributed by atoms with Crippen LogP contribution in [0.1, 0.15) is 19.8 Å². The lowest BCUT2D eigenvalue weighted by atomic mass is 9.92. The number of ether oxygens (including phenoxy) is 1. The molecule has 2 aliphatic rings. The Labute approximate surface area is 166 Å². The van der Waals surface area contributed by atoms with Crippen molar-refractivity contribution in [2.45, 2.75) is 25.3 Å². The molecular weight excluding hydrogens is 358 g/mol. The van der Waals surface area contributed by atoms with Gasteiger partial charge < -0.3 is 25.2 Å². The summed E-state index contributed by atoms with van der Waals surface area (Å²) in [5.74, 6) is 0.717. The summed E-state index contributed by atoms with van der Waals surface area (Å²) in [6.07, 6.45) is 1.98. The van der Waals surface area contributed by atoms with Crippen molar-refractivity contribution in [3.8, 4) is 5.75 Å². The molecule has 2 saturated heterocycles. The summed E-state index contributed by atoms with van der Waals surface area (Å²) in [6, 6.07) is 7.28. The van der Waals surface area contributed by atoms with E-state index in [0.717, 1.165) is 50.5 Å². The molecule has 1 atom stereocenters. The van der Waals surface area contributed by atoms with Crippen LogP contribution in [-0.2, 0) is 0 Å². The fourth-order valence-corrected chi connectivity index (χ4v) is 4.25. The quantitative estimate of drug-likeness (QED) is 0.826. The lowest BCUT2D eigenvalue weighted by Gasteiger charge is -2.45. The molecule has 8 heteroatoms. The van der Waals surface area contributed by atoms with E-state index in [2.05, 4.69) is 22.5 Å². The predicted octanol–water partition coefficient (Wildman–Crippen LogP) is 2.04. The Morgan fingerprint density at radius 3 is 2.50 bits per heavy atom. The highest BCUT2D eigenvalue weighted by Gasteiger charge is 2.44. The van der Waals surface area contributed by atoms with Gasteiger partial charge in [0.25, 0.3) is 0 Å². The second kappa shape index (κ2) is 8.68. The van der Waals surface area contributed by atoms with Gasteiger partial charge in [-0.2, -0.15) is 0 Å². The van der Waals surface area contributed by atoms with Crippen molar-refractivity contribution < 1.29 is 14.3 Å². The number of nitrogens with zero attached hydrogens (tertiary/aromatic N) is 3. The van der Waals surface area contributed by atoms with Crippen LogP contribution in [0, 0.1) is 0 Å². The van der Waals surface area contributed by atoms with E-state index < -0.39 is 0 Å². The van der Waals surface area contributed by atoms with Crippen molar-refractivity contribution in [2.75, 3.05) is 58.7 Å². The van der Waals surface area contributed by atoms with Gasteiger partial charge in [0, 0.05) is 63.6 Å². The highest BCUT2D eigenvalue weighted by molar-refractivity contribution is 5.89. The van der Waals surface area contributed by atoms with Gasteiger partial charge in [0.15, 0.2) is 0 Å². The first-order chi connectivity index (χ1) is 13.5. The normalized spacial score (nSPS) is 22.8. The average molecular weight is 390 g/mol. The average Bonchev–Trinajstić information content (AvgIpc) is 3.19. The van der Waals surface area contributed by atoms with Gasteiger partial charge in [-0.15, -0.1) is 0 Å². The summed E-state index contributed by atoms with van der Waals surface area (Å²) >= 11 is 0. The third-order valence-electron chi connectivity index (χ3n) is 6.05. The zero-order valence-corrected chi connectivity index (χ0v) is 17.0. The number of carbonyl (C=O) groups is 2. The van der Waals surface area contributed by atoms with E-state index in [9.17, 15) is 9.59 Å². The van der Waals surface area contributed by atoms with E-state index in [4.69, 9.17) is 4.74 Å². The highest BCUT2D eigenvalue weighted by atomic mass is 16.5. The van der Waals surface area contributed by atoms with Gasteiger partial charge in [-0.25, -0.2) is 9.59 Å². The Morgan fingerprint density at radius 2 is 1.86 bits per heavy atom. The minimum absolute atomic E-state index is 0.00775. The Kier molecular flexibility index (Phi) is 6.28. The van der Waals surface area contributed by atoms with Crippen LogP contribution in [0.3, 0.4) is 0 Å². The SMILES string of the molecule is CC[C@]1(N2CCN(C(=O)Nc3cccc(OC)c3)CC2)CCN(C(=O)NC)C1. The minimum Gasteiger partial charge on any atom is -0.497 e. The fraction of sp³-hybridized carbons (Fsp3) is 0.600. The molecule has 0 saturated carbocycles. The molecule has 28 heavy (non-hydrogen) atoms. The molecule has 2 heterocycles. The molecule has 0 aromatic heterocycles. The van der Waals surface area contributed by atoms with Crippen molar-refractivity contribution in [3.63, 3.8) is 0 Å². The zero-order chi connectivity index (χ0) is 20.1. The first-order valence-corrected chi connectivity index (χ1v) is 9.93. The molecular formula is C20H31N5O3. The largest absolute Gasteiger partial charge is 0.497 e. The van der Waals surface area contributed by atoms with Crippen molar-refractivity contribution >= 4 is 17.7 Å². The molecule has 0 radical (unpaired) electrons. The smallest absolute Gasteiger partial charge is 0.321 e. The molecule has 1 aromatic rings. The lowest BCUT2D eigenvalue weighted by Crippen LogP contribution is -2.59. The van der Waals surface area contributed by atoms with E-state index in [1.807, 2.05) is 34.1 Å². The summed E-state index contributed by atoms with van der Waals surface area (Å²) in [6.45, 7) is 6.72. The third kappa shape index (κ3) is 4.16. The number of piperazine rings is 1. The number of amides is 4. The summed E-state index contributed by atoms with van der Waals surface area (Å²) in [5.41, 5.74) is 0.746. The van der Waals surface area contributed by atoms with Crippen molar-refractivity contribution in [1.29, 1.82) is 0 Å². The van der Waals surface area contributed by atoms with Gasteiger partial charge >= 0.3 is 12.1 Å². The number of nitrogens with one attached hydrogen (secondary N) is 2. The minimum atomic E-state index is -0.0862. The van der Waals surface area contributed by atoms with Gasteiger partial charge in [0.1, 0.15) is 5.75 Å². The van der Waals surface area contributed by atoms with Crippen LogP contribution in [0.4, 0.5) is 15.3 Å². The van der Waals surface area contributed by atoms with E-state index in [-0.39, 0.29) is 17.6 Å². The molecule has 2 fully saturated rings. The van der Waals surface area contributed by atoms with Crippen molar-refractivity contribution in [3.05, 3.63) is 24.3 Å². The Balaban J connectivity index is 1.56. The van der Waals surface area contributed by atoms with Crippen LogP contribution in [-0.4, -0.2) is 85.7 Å². The lowest BCUT2D eigenvalue weighted by molar-refractivity contribution is 0.0477. The Bertz CT molecular complexity index is 705. The Hall–Kier alpha value is -2.48. The van der Waals surface area contributed by atoms with E-state index in [1.54, 1.807) is 14.2 Å². The summed E-state index contributed by atoms with van der Waals surface area (Å²) in [4.78, 5) is 30.8. The van der Waals surface area contributed by atoms with Gasteiger partial charge in [0.05, 0.1) is 7.11 Å². The number of carbonyl (C=O) groups excluding carboxylic acids is 2. The van der Waals surface area contributed by atoms with Crippen molar-refractivity contribution in [2.24, 2.45) is 0 Å². The standard InChI is InChI=1S/C20H31N5O3/c1-4-20(8-9-24(15-20)18(26)21-2)25-12-10-23(11-13-25)19(27)22-16-6-5-7-17(14-16)28-3/h5-7,14H,4,8-13,15H2,1-3H3,(H,21,26)(H,22,27)/t20-/m0/s1. The van der Waals surface area contributed by atoms with E-state index in [0.29, 0.717) is 13.1 Å². The maximum atomic E-state index is 12.6. The first-order valence-electron chi connectivity index (χ1n) is 9.93. The maximum absolute atomic E-state index is 12.6. The molecule has 0 spiro atoms. The molecule has 3 rings (SSSR count). The molecule has 1 aromatic carbocycles. The van der Waals surface area contributed by atoms with Crippen LogP contribution in [0.5, 0.6) is 5.75 Å². The number of urea groups is 2. The van der Waals surface area contributed by atoms with Crippen LogP contribution in [0.2, 0.25) is 0 Å². The van der Waals surface area contributed by atoms with Gasteiger partial charge in [-0.05, 0) is 25.0 Å². The van der Waals surface area contributed by atoms with Crippen LogP contribution >= 0.6 is 0 Å². The third-order valence-corrected chi connectivity index (χ3v) is 6.05. The number of anilines is 1. The molecule has 154 valence electrons. The fourth-order valence-electron chi connectivity index (χ4n) is 4.25. The van der Waals surface area contributed by atoms with Crippen LogP contribution in [0.15, 0.2) is 24.3 Å². The van der Waals surface area contributed by atoms with Gasteiger partial charge in [0.2, 0.25) is 0 Å². The number of benzene rings is 1. The number of likely N-dealkylation sites (tertiary alicyclic amines) is 1. The van der Waals surface area contributed by atoms with Crippen molar-refractivity contribution in [1.82, 2.24) is 20.0 Å².